The van der Waals surface area contributed by atoms with Crippen LogP contribution in [0.25, 0.3) is 11.0 Å². The number of amides is 1. The summed E-state index contributed by atoms with van der Waals surface area (Å²) in [5, 5.41) is 11.4. The van der Waals surface area contributed by atoms with Crippen molar-refractivity contribution in [2.24, 2.45) is 0 Å². The molecule has 2 aromatic heterocycles. The van der Waals surface area contributed by atoms with Gasteiger partial charge in [-0.05, 0) is 13.2 Å². The second-order valence-electron chi connectivity index (χ2n) is 5.06. The lowest BCUT2D eigenvalue weighted by molar-refractivity contribution is -0.154. The van der Waals surface area contributed by atoms with E-state index in [1.54, 1.807) is 24.9 Å². The zero-order valence-electron chi connectivity index (χ0n) is 14.9. The molecule has 0 unspecified atom stereocenters. The zero-order valence-corrected chi connectivity index (χ0v) is 15.8. The van der Waals surface area contributed by atoms with E-state index in [9.17, 15) is 9.59 Å². The largest absolute Gasteiger partial charge is 0.459 e. The third kappa shape index (κ3) is 5.05. The van der Waals surface area contributed by atoms with Gasteiger partial charge in [0.25, 0.3) is 0 Å². The smallest absolute Gasteiger partial charge is 0.396 e. The highest BCUT2D eigenvalue weighted by Crippen LogP contribution is 2.23. The minimum atomic E-state index is -0.894. The van der Waals surface area contributed by atoms with E-state index in [0.29, 0.717) is 36.3 Å². The van der Waals surface area contributed by atoms with E-state index in [-0.39, 0.29) is 13.2 Å². The molecule has 1 amide bonds. The summed E-state index contributed by atoms with van der Waals surface area (Å²) in [5.41, 5.74) is 0.648. The average molecular weight is 382 g/mol. The highest BCUT2D eigenvalue weighted by atomic mass is 32.2. The molecule has 2 N–H and O–H groups in total. The first-order chi connectivity index (χ1) is 12.6. The van der Waals surface area contributed by atoms with Gasteiger partial charge in [-0.1, -0.05) is 11.8 Å². The van der Waals surface area contributed by atoms with Crippen LogP contribution in [0.2, 0.25) is 0 Å². The molecule has 2 heterocycles. The summed E-state index contributed by atoms with van der Waals surface area (Å²) in [6.45, 7) is 3.54. The lowest BCUT2D eigenvalue weighted by Gasteiger charge is -2.09. The maximum absolute atomic E-state index is 11.6. The summed E-state index contributed by atoms with van der Waals surface area (Å²) in [6.07, 6.45) is 3.56. The van der Waals surface area contributed by atoms with Gasteiger partial charge in [-0.2, -0.15) is 5.10 Å². The topological polar surface area (TPSA) is 120 Å². The third-order valence-corrected chi connectivity index (χ3v) is 3.87. The molecule has 0 aromatic carbocycles. The highest BCUT2D eigenvalue weighted by Gasteiger charge is 2.15. The molecule has 0 fully saturated rings. The van der Waals surface area contributed by atoms with Crippen molar-refractivity contribution in [2.45, 2.75) is 18.6 Å². The van der Waals surface area contributed by atoms with Crippen LogP contribution < -0.4 is 10.6 Å². The third-order valence-electron chi connectivity index (χ3n) is 3.33. The number of fused-ring (bicyclic) bond motifs is 1. The molecule has 0 bridgehead atoms. The molecule has 0 saturated heterocycles. The molecule has 10 nitrogen and oxygen atoms in total. The number of anilines is 1. The van der Waals surface area contributed by atoms with Crippen LogP contribution in [0.15, 0.2) is 11.4 Å². The minimum Gasteiger partial charge on any atom is -0.459 e. The summed E-state index contributed by atoms with van der Waals surface area (Å²) in [5.74, 6) is -0.989. The normalized spacial score (nSPS) is 10.7. The quantitative estimate of drug-likeness (QED) is 0.207. The molecule has 0 atom stereocenters. The molecular formula is C15H22N6O4S. The zero-order chi connectivity index (χ0) is 18.9. The average Bonchev–Trinajstić information content (AvgIpc) is 3.05. The van der Waals surface area contributed by atoms with Gasteiger partial charge in [-0.15, -0.1) is 0 Å². The fourth-order valence-corrected chi connectivity index (χ4v) is 2.50. The van der Waals surface area contributed by atoms with Crippen molar-refractivity contribution in [1.82, 2.24) is 25.1 Å². The number of thioether (sulfide) groups is 1. The Morgan fingerprint density at radius 1 is 1.31 bits per heavy atom. The maximum atomic E-state index is 11.6. The molecule has 26 heavy (non-hydrogen) atoms. The predicted molar refractivity (Wildman–Crippen MR) is 97.1 cm³/mol. The van der Waals surface area contributed by atoms with Crippen LogP contribution in [0, 0.1) is 0 Å². The monoisotopic (exact) mass is 382 g/mol. The summed E-state index contributed by atoms with van der Waals surface area (Å²) in [6, 6.07) is 0. The van der Waals surface area contributed by atoms with Gasteiger partial charge in [0.1, 0.15) is 5.82 Å². The lowest BCUT2D eigenvalue weighted by Crippen LogP contribution is -2.34. The number of nitrogens with one attached hydrogen (secondary N) is 2. The molecule has 0 radical (unpaired) electrons. The lowest BCUT2D eigenvalue weighted by atomic mass is 10.4. The van der Waals surface area contributed by atoms with Gasteiger partial charge in [-0.3, -0.25) is 4.79 Å². The molecule has 0 aliphatic carbocycles. The van der Waals surface area contributed by atoms with Gasteiger partial charge < -0.3 is 20.1 Å². The van der Waals surface area contributed by atoms with Gasteiger partial charge in [-0.25, -0.2) is 19.4 Å². The van der Waals surface area contributed by atoms with E-state index < -0.39 is 11.9 Å². The van der Waals surface area contributed by atoms with Crippen molar-refractivity contribution in [3.05, 3.63) is 6.20 Å². The second kappa shape index (κ2) is 9.92. The van der Waals surface area contributed by atoms with Crippen molar-refractivity contribution >= 4 is 40.5 Å². The van der Waals surface area contributed by atoms with Gasteiger partial charge in [0.05, 0.1) is 31.3 Å². The number of nitrogens with zero attached hydrogens (tertiary/aromatic N) is 4. The van der Waals surface area contributed by atoms with Gasteiger partial charge in [0, 0.05) is 20.2 Å². The number of carbonyl (C=O) groups is 2. The van der Waals surface area contributed by atoms with Crippen LogP contribution in [0.3, 0.4) is 0 Å². The Morgan fingerprint density at radius 2 is 2.12 bits per heavy atom. The van der Waals surface area contributed by atoms with E-state index in [4.69, 9.17) is 4.74 Å². The molecule has 2 rings (SSSR count). The number of rotatable bonds is 9. The number of methoxy groups -OCH3 is 1. The molecule has 0 aliphatic rings. The first kappa shape index (κ1) is 19.9. The summed E-state index contributed by atoms with van der Waals surface area (Å²) in [4.78, 5) is 31.8. The molecule has 11 heteroatoms. The van der Waals surface area contributed by atoms with E-state index >= 15 is 0 Å². The second-order valence-corrected chi connectivity index (χ2v) is 5.83. The number of aromatic nitrogens is 4. The Hall–Kier alpha value is -2.40. The van der Waals surface area contributed by atoms with Crippen molar-refractivity contribution in [1.29, 1.82) is 0 Å². The molecule has 0 aliphatic heterocycles. The standard InChI is InChI=1S/C15H22N6O4S/c1-4-25-14(23)13(22)17-5-7-21-12-10(9-18-21)11(16-6-8-24-2)19-15(20-12)26-3/h9H,4-8H2,1-3H3,(H,17,22)(H,16,19,20). The Bertz CT molecular complexity index is 766. The Morgan fingerprint density at radius 3 is 2.81 bits per heavy atom. The SMILES string of the molecule is CCOC(=O)C(=O)NCCn1ncc2c(NCCOC)nc(SC)nc21. The van der Waals surface area contributed by atoms with E-state index in [0.717, 1.165) is 5.39 Å². The molecule has 2 aromatic rings. The van der Waals surface area contributed by atoms with Crippen LogP contribution in [-0.4, -0.2) is 71.3 Å². The van der Waals surface area contributed by atoms with Gasteiger partial charge in [0.2, 0.25) is 0 Å². The first-order valence-electron chi connectivity index (χ1n) is 8.06. The number of hydrogen-bond donors (Lipinski definition) is 2. The molecule has 142 valence electrons. The van der Waals surface area contributed by atoms with Crippen molar-refractivity contribution in [3.8, 4) is 0 Å². The Kier molecular flexibility index (Phi) is 7.60. The number of hydrogen-bond acceptors (Lipinski definition) is 9. The van der Waals surface area contributed by atoms with Crippen molar-refractivity contribution in [3.63, 3.8) is 0 Å². The van der Waals surface area contributed by atoms with Crippen molar-refractivity contribution < 1.29 is 19.1 Å². The van der Waals surface area contributed by atoms with Crippen LogP contribution in [0.4, 0.5) is 5.82 Å². The van der Waals surface area contributed by atoms with Crippen LogP contribution >= 0.6 is 11.8 Å². The molecule has 0 saturated carbocycles. The van der Waals surface area contributed by atoms with Gasteiger partial charge >= 0.3 is 11.9 Å². The Labute approximate surface area is 155 Å². The van der Waals surface area contributed by atoms with Crippen molar-refractivity contribution in [2.75, 3.05) is 45.0 Å². The van der Waals surface area contributed by atoms with E-state index in [1.807, 2.05) is 6.26 Å². The fourth-order valence-electron chi connectivity index (χ4n) is 2.14. The fraction of sp³-hybridized carbons (Fsp3) is 0.533. The molecular weight excluding hydrogens is 360 g/mol. The molecule has 0 spiro atoms. The first-order valence-corrected chi connectivity index (χ1v) is 9.28. The van der Waals surface area contributed by atoms with Crippen LogP contribution in [0.5, 0.6) is 0 Å². The Balaban J connectivity index is 2.09. The van der Waals surface area contributed by atoms with Crippen LogP contribution in [0.1, 0.15) is 6.92 Å². The summed E-state index contributed by atoms with van der Waals surface area (Å²) in [7, 11) is 1.63. The number of ether oxygens (including phenoxy) is 2. The predicted octanol–water partition coefficient (Wildman–Crippen LogP) is 0.286. The number of esters is 1. The highest BCUT2D eigenvalue weighted by molar-refractivity contribution is 7.98. The van der Waals surface area contributed by atoms with E-state index in [1.165, 1.54) is 11.8 Å². The minimum absolute atomic E-state index is 0.156. The van der Waals surface area contributed by atoms with Crippen LogP contribution in [-0.2, 0) is 25.6 Å². The summed E-state index contributed by atoms with van der Waals surface area (Å²) >= 11 is 1.42. The van der Waals surface area contributed by atoms with Gasteiger partial charge in [0.15, 0.2) is 10.8 Å². The summed E-state index contributed by atoms with van der Waals surface area (Å²) < 4.78 is 11.3. The van der Waals surface area contributed by atoms with E-state index in [2.05, 4.69) is 30.4 Å². The maximum Gasteiger partial charge on any atom is 0.396 e. The number of carbonyl (C=O) groups excluding carboxylic acids is 2.